The summed E-state index contributed by atoms with van der Waals surface area (Å²) >= 11 is 0. The Bertz CT molecular complexity index is 255. The summed E-state index contributed by atoms with van der Waals surface area (Å²) in [5.74, 6) is -0.977. The van der Waals surface area contributed by atoms with E-state index in [1.165, 1.54) is 4.90 Å². The Hall–Kier alpha value is -1.30. The van der Waals surface area contributed by atoms with Crippen LogP contribution in [-0.4, -0.2) is 52.9 Å². The molecule has 16 heavy (non-hydrogen) atoms. The molecule has 6 nitrogen and oxygen atoms in total. The maximum absolute atomic E-state index is 11.6. The number of aliphatic carboxylic acids is 1. The molecule has 0 heterocycles. The zero-order chi connectivity index (χ0) is 12.9. The van der Waals surface area contributed by atoms with Crippen molar-refractivity contribution in [2.45, 2.75) is 32.9 Å². The lowest BCUT2D eigenvalue weighted by atomic mass is 10.1. The highest BCUT2D eigenvalue weighted by Gasteiger charge is 2.24. The van der Waals surface area contributed by atoms with Gasteiger partial charge in [-0.05, 0) is 12.8 Å². The van der Waals surface area contributed by atoms with Gasteiger partial charge in [-0.3, -0.25) is 0 Å². The van der Waals surface area contributed by atoms with Crippen molar-refractivity contribution in [2.24, 2.45) is 5.92 Å². The molecule has 0 aliphatic rings. The van der Waals surface area contributed by atoms with E-state index in [2.05, 4.69) is 5.32 Å². The van der Waals surface area contributed by atoms with Gasteiger partial charge in [0.25, 0.3) is 0 Å². The first-order valence-corrected chi connectivity index (χ1v) is 5.18. The Morgan fingerprint density at radius 1 is 1.31 bits per heavy atom. The van der Waals surface area contributed by atoms with Crippen LogP contribution >= 0.6 is 0 Å². The van der Waals surface area contributed by atoms with E-state index in [0.717, 1.165) is 0 Å². The number of hydrogen-bond donors (Lipinski definition) is 3. The number of carboxylic acids is 1. The van der Waals surface area contributed by atoms with E-state index in [1.54, 1.807) is 7.05 Å². The maximum atomic E-state index is 11.6. The molecule has 0 aliphatic carbocycles. The topological polar surface area (TPSA) is 89.9 Å². The summed E-state index contributed by atoms with van der Waals surface area (Å²) in [7, 11) is 1.59. The number of carbonyl (C=O) groups excluding carboxylic acids is 1. The standard InChI is InChI=1S/C10H20N2O4/c1-6(2)7(3)12(4)10(16)11-8(5-13)9(14)15/h6-8,13H,5H2,1-4H3,(H,11,16)(H,14,15)/t7?,8-/m0/s1. The van der Waals surface area contributed by atoms with Gasteiger partial charge in [0.1, 0.15) is 0 Å². The lowest BCUT2D eigenvalue weighted by molar-refractivity contribution is -0.140. The van der Waals surface area contributed by atoms with E-state index in [0.29, 0.717) is 0 Å². The minimum absolute atomic E-state index is 0.00635. The van der Waals surface area contributed by atoms with Gasteiger partial charge in [0.2, 0.25) is 0 Å². The second kappa shape index (κ2) is 6.32. The lowest BCUT2D eigenvalue weighted by Crippen LogP contribution is -2.51. The predicted octanol–water partition coefficient (Wildman–Crippen LogP) is 0.118. The van der Waals surface area contributed by atoms with Crippen molar-refractivity contribution in [2.75, 3.05) is 13.7 Å². The van der Waals surface area contributed by atoms with Gasteiger partial charge < -0.3 is 20.4 Å². The largest absolute Gasteiger partial charge is 0.480 e. The normalized spacial score (nSPS) is 14.4. The third-order valence-corrected chi connectivity index (χ3v) is 2.67. The summed E-state index contributed by atoms with van der Waals surface area (Å²) in [6.45, 7) is 5.19. The van der Waals surface area contributed by atoms with Crippen LogP contribution < -0.4 is 5.32 Å². The number of carbonyl (C=O) groups is 2. The number of aliphatic hydroxyl groups is 1. The molecule has 0 spiro atoms. The van der Waals surface area contributed by atoms with E-state index >= 15 is 0 Å². The Balaban J connectivity index is 4.40. The zero-order valence-electron chi connectivity index (χ0n) is 10.1. The minimum Gasteiger partial charge on any atom is -0.480 e. The average molecular weight is 232 g/mol. The molecule has 94 valence electrons. The number of rotatable bonds is 5. The number of nitrogens with zero attached hydrogens (tertiary/aromatic N) is 1. The molecule has 0 radical (unpaired) electrons. The molecule has 0 aromatic carbocycles. The van der Waals surface area contributed by atoms with E-state index in [1.807, 2.05) is 20.8 Å². The van der Waals surface area contributed by atoms with Crippen LogP contribution in [-0.2, 0) is 4.79 Å². The van der Waals surface area contributed by atoms with E-state index in [-0.39, 0.29) is 12.0 Å². The first kappa shape index (κ1) is 14.7. The summed E-state index contributed by atoms with van der Waals surface area (Å²) in [6, 6.07) is -1.76. The van der Waals surface area contributed by atoms with Crippen molar-refractivity contribution < 1.29 is 19.8 Å². The fourth-order valence-electron chi connectivity index (χ4n) is 1.07. The van der Waals surface area contributed by atoms with Crippen LogP contribution in [0.2, 0.25) is 0 Å². The molecule has 0 aliphatic heterocycles. The van der Waals surface area contributed by atoms with Gasteiger partial charge in [-0.25, -0.2) is 9.59 Å². The van der Waals surface area contributed by atoms with Crippen molar-refractivity contribution in [3.05, 3.63) is 0 Å². The van der Waals surface area contributed by atoms with Crippen LogP contribution in [0.5, 0.6) is 0 Å². The van der Waals surface area contributed by atoms with Crippen LogP contribution in [0.4, 0.5) is 4.79 Å². The molecule has 1 unspecified atom stereocenters. The average Bonchev–Trinajstić information content (AvgIpc) is 2.22. The molecule has 3 N–H and O–H groups in total. The number of amides is 2. The number of nitrogens with one attached hydrogen (secondary N) is 1. The van der Waals surface area contributed by atoms with Gasteiger partial charge in [-0.15, -0.1) is 0 Å². The lowest BCUT2D eigenvalue weighted by Gasteiger charge is -2.29. The van der Waals surface area contributed by atoms with E-state index in [4.69, 9.17) is 10.2 Å². The number of aliphatic hydroxyl groups excluding tert-OH is 1. The second-order valence-corrected chi connectivity index (χ2v) is 4.12. The van der Waals surface area contributed by atoms with Crippen molar-refractivity contribution >= 4 is 12.0 Å². The first-order chi connectivity index (χ1) is 7.31. The highest BCUT2D eigenvalue weighted by Crippen LogP contribution is 2.07. The Morgan fingerprint density at radius 2 is 1.81 bits per heavy atom. The minimum atomic E-state index is -1.26. The molecule has 0 aromatic heterocycles. The fourth-order valence-corrected chi connectivity index (χ4v) is 1.07. The highest BCUT2D eigenvalue weighted by atomic mass is 16.4. The Morgan fingerprint density at radius 3 is 2.12 bits per heavy atom. The summed E-state index contributed by atoms with van der Waals surface area (Å²) in [5.41, 5.74) is 0. The molecular formula is C10H20N2O4. The van der Waals surface area contributed by atoms with Gasteiger partial charge in [0.15, 0.2) is 6.04 Å². The number of urea groups is 1. The quantitative estimate of drug-likeness (QED) is 0.628. The van der Waals surface area contributed by atoms with E-state index in [9.17, 15) is 9.59 Å². The van der Waals surface area contributed by atoms with Crippen LogP contribution in [0.1, 0.15) is 20.8 Å². The molecule has 0 saturated heterocycles. The van der Waals surface area contributed by atoms with Gasteiger partial charge in [-0.1, -0.05) is 13.8 Å². The predicted molar refractivity (Wildman–Crippen MR) is 59.1 cm³/mol. The summed E-state index contributed by atoms with van der Waals surface area (Å²) in [4.78, 5) is 23.6. The van der Waals surface area contributed by atoms with Crippen molar-refractivity contribution in [1.82, 2.24) is 10.2 Å². The number of hydrogen-bond acceptors (Lipinski definition) is 3. The van der Waals surface area contributed by atoms with Gasteiger partial charge >= 0.3 is 12.0 Å². The smallest absolute Gasteiger partial charge is 0.328 e. The van der Waals surface area contributed by atoms with Crippen molar-refractivity contribution in [1.29, 1.82) is 0 Å². The molecule has 0 saturated carbocycles. The first-order valence-electron chi connectivity index (χ1n) is 5.18. The monoisotopic (exact) mass is 232 g/mol. The second-order valence-electron chi connectivity index (χ2n) is 4.12. The zero-order valence-corrected chi connectivity index (χ0v) is 10.1. The van der Waals surface area contributed by atoms with Crippen LogP contribution in [0.3, 0.4) is 0 Å². The van der Waals surface area contributed by atoms with E-state index < -0.39 is 24.6 Å². The van der Waals surface area contributed by atoms with Crippen LogP contribution in [0, 0.1) is 5.92 Å². The molecule has 0 rings (SSSR count). The van der Waals surface area contributed by atoms with Crippen LogP contribution in [0.25, 0.3) is 0 Å². The van der Waals surface area contributed by atoms with Crippen molar-refractivity contribution in [3.63, 3.8) is 0 Å². The van der Waals surface area contributed by atoms with Gasteiger partial charge in [0.05, 0.1) is 6.61 Å². The summed E-state index contributed by atoms with van der Waals surface area (Å²) in [6.07, 6.45) is 0. The SMILES string of the molecule is CC(C)C(C)N(C)C(=O)N[C@@H](CO)C(=O)O. The molecule has 6 heteroatoms. The summed E-state index contributed by atoms with van der Waals surface area (Å²) < 4.78 is 0. The fraction of sp³-hybridized carbons (Fsp3) is 0.800. The summed E-state index contributed by atoms with van der Waals surface area (Å²) in [5, 5.41) is 19.7. The molecule has 2 amide bonds. The Labute approximate surface area is 95.2 Å². The molecule has 0 aromatic rings. The maximum Gasteiger partial charge on any atom is 0.328 e. The highest BCUT2D eigenvalue weighted by molar-refractivity contribution is 5.82. The Kier molecular flexibility index (Phi) is 5.81. The molecule has 0 bridgehead atoms. The number of carboxylic acid groups (broad SMARTS) is 1. The molecule has 2 atom stereocenters. The molecular weight excluding hydrogens is 212 g/mol. The van der Waals surface area contributed by atoms with Crippen LogP contribution in [0.15, 0.2) is 0 Å². The molecule has 0 fully saturated rings. The van der Waals surface area contributed by atoms with Gasteiger partial charge in [0, 0.05) is 13.1 Å². The van der Waals surface area contributed by atoms with Crippen molar-refractivity contribution in [3.8, 4) is 0 Å². The van der Waals surface area contributed by atoms with Gasteiger partial charge in [-0.2, -0.15) is 0 Å². The third kappa shape index (κ3) is 4.06. The third-order valence-electron chi connectivity index (χ3n) is 2.67.